The van der Waals surface area contributed by atoms with Gasteiger partial charge in [0.2, 0.25) is 0 Å². The topological polar surface area (TPSA) is 0 Å². The smallest absolute Gasteiger partial charge is 0 e. The summed E-state index contributed by atoms with van der Waals surface area (Å²) in [5, 5.41) is 0. The standard InChI is InChI=1S/5CH4.2H2/h5*1H4;2*1H/i;;;;;2*1+1. The fraction of sp³-hybridized carbons (Fsp3) is 1.00. The van der Waals surface area contributed by atoms with E-state index < -0.39 is 0 Å². The monoisotopic (exact) mass is 86.2 g/mol. The molecule has 5 heavy (non-hydrogen) atoms. The van der Waals surface area contributed by atoms with Crippen molar-refractivity contribution in [3.8, 4) is 0 Å². The van der Waals surface area contributed by atoms with Crippen LogP contribution in [-0.2, 0) is 0 Å². The van der Waals surface area contributed by atoms with Gasteiger partial charge in [-0.25, -0.2) is 0 Å². The molecule has 0 aliphatic heterocycles. The quantitative estimate of drug-likeness (QED) is 0.422. The molecule has 0 aromatic heterocycles. The lowest BCUT2D eigenvalue weighted by atomic mass is 12.0. The molecule has 0 saturated heterocycles. The average molecular weight is 86.3 g/mol. The summed E-state index contributed by atoms with van der Waals surface area (Å²) in [6.07, 6.45) is 0. The van der Waals surface area contributed by atoms with E-state index in [1.165, 1.54) is 0 Å². The Morgan fingerprint density at radius 3 is 0.400 bits per heavy atom. The Labute approximate surface area is 41.2 Å². The molecule has 0 rings (SSSR count). The van der Waals surface area contributed by atoms with E-state index >= 15 is 0 Å². The van der Waals surface area contributed by atoms with E-state index in [1.807, 2.05) is 0 Å². The second kappa shape index (κ2) is 0. The van der Waals surface area contributed by atoms with Crippen LogP contribution in [-0.4, -0.2) is 0 Å². The molecule has 0 atom stereocenters. The van der Waals surface area contributed by atoms with Gasteiger partial charge in [0.05, 0.1) is 0 Å². The highest BCUT2D eigenvalue weighted by Gasteiger charge is -0.0736. The van der Waals surface area contributed by atoms with Crippen LogP contribution in [0, 0.1) is 0 Å². The first kappa shape index (κ1) is 0. The van der Waals surface area contributed by atoms with Crippen molar-refractivity contribution in [2.45, 2.75) is 37.1 Å². The van der Waals surface area contributed by atoms with Gasteiger partial charge in [0.15, 0.2) is 0 Å². The Balaban J connectivity index is 0. The molecule has 0 fully saturated rings. The van der Waals surface area contributed by atoms with Gasteiger partial charge < -0.3 is 0 Å². The molecule has 0 saturated carbocycles. The maximum atomic E-state index is 0. The molecule has 0 unspecified atom stereocenters. The summed E-state index contributed by atoms with van der Waals surface area (Å²) >= 11 is 0. The van der Waals surface area contributed by atoms with Crippen LogP contribution in [0.15, 0.2) is 0 Å². The minimum absolute atomic E-state index is 0. The lowest BCUT2D eigenvalue weighted by Crippen LogP contribution is 0.143. The van der Waals surface area contributed by atoms with E-state index in [4.69, 9.17) is 0 Å². The second-order valence-electron chi connectivity index (χ2n) is 0. The van der Waals surface area contributed by atoms with Gasteiger partial charge in [0.1, 0.15) is 0 Å². The molecule has 0 amide bonds. The highest BCUT2D eigenvalue weighted by Crippen LogP contribution is 0.148. The zero-order valence-corrected chi connectivity index (χ0v) is 0. The molecule has 0 N–H and O–H groups in total. The predicted octanol–water partition coefficient (Wildman–Crippen LogP) is 3.67. The molecule has 0 heterocycles. The van der Waals surface area contributed by atoms with Crippen LogP contribution >= 0.6 is 0 Å². The number of hydrogen-bond acceptors (Lipinski definition) is 0. The minimum Gasteiger partial charge on any atom is -0.0776 e. The zero-order valence-electron chi connectivity index (χ0n) is 0. The van der Waals surface area contributed by atoms with Crippen molar-refractivity contribution in [3.05, 3.63) is 0 Å². The first-order valence-corrected chi connectivity index (χ1v) is 0. The zero-order chi connectivity index (χ0) is 0. The lowest BCUT2D eigenvalue weighted by molar-refractivity contribution is 2.50. The first-order chi connectivity index (χ1) is 0. The van der Waals surface area contributed by atoms with Gasteiger partial charge >= 0.3 is 0 Å². The molecule has 0 nitrogen and oxygen atoms in total. The minimum atomic E-state index is 0. The third-order valence-corrected chi connectivity index (χ3v) is 0. The van der Waals surface area contributed by atoms with Crippen molar-refractivity contribution in [2.75, 3.05) is 0 Å². The molecule has 0 spiro atoms. The SMILES string of the molecule is C.C.C.C.C.[2HH].[2HH]. The van der Waals surface area contributed by atoms with Crippen molar-refractivity contribution in [3.63, 3.8) is 0 Å². The van der Waals surface area contributed by atoms with E-state index in [9.17, 15) is 0 Å². The van der Waals surface area contributed by atoms with Crippen LogP contribution in [0.4, 0.5) is 0 Å². The highest BCUT2D eigenvalue weighted by molar-refractivity contribution is 2.51. The van der Waals surface area contributed by atoms with E-state index in [0.29, 0.717) is 0 Å². The first-order valence-electron chi connectivity index (χ1n) is 0. The molecule has 0 aliphatic rings. The number of hydrogen-bond donors (Lipinski definition) is 0. The molecule has 0 aromatic rings. The Morgan fingerprint density at radius 2 is 0.400 bits per heavy atom. The molecular formula is C5H24. The van der Waals surface area contributed by atoms with Crippen LogP contribution in [0.2, 0.25) is 0 Å². The van der Waals surface area contributed by atoms with Crippen LogP contribution in [0.3, 0.4) is 0 Å². The predicted molar refractivity (Wildman–Crippen MR) is 37.9 cm³/mol. The van der Waals surface area contributed by atoms with Gasteiger partial charge in [0, 0.05) is 2.85 Å². The summed E-state index contributed by atoms with van der Waals surface area (Å²) in [4.78, 5) is 0. The van der Waals surface area contributed by atoms with Gasteiger partial charge in [-0.1, -0.05) is 37.1 Å². The Kier molecular flexibility index (Phi) is 0. The van der Waals surface area contributed by atoms with Crippen molar-refractivity contribution in [1.29, 1.82) is 0 Å². The summed E-state index contributed by atoms with van der Waals surface area (Å²) < 4.78 is 0. The molecule has 0 radical (unpaired) electrons. The van der Waals surface area contributed by atoms with Gasteiger partial charge in [-0.3, -0.25) is 0 Å². The Hall–Kier alpha value is 0. The lowest BCUT2D eigenvalue weighted by Gasteiger charge is -0.0786. The van der Waals surface area contributed by atoms with Gasteiger partial charge in [-0.2, -0.15) is 0 Å². The Bertz CT molecular complexity index is 6.04. The van der Waals surface area contributed by atoms with Crippen LogP contribution < -0.4 is 0 Å². The fourth-order valence-electron chi connectivity index (χ4n) is 0. The van der Waals surface area contributed by atoms with Crippen molar-refractivity contribution in [1.82, 2.24) is 0 Å². The van der Waals surface area contributed by atoms with Gasteiger partial charge in [-0.15, -0.1) is 0 Å². The largest absolute Gasteiger partial charge is 0.0776 e. The van der Waals surface area contributed by atoms with Crippen LogP contribution in [0.1, 0.15) is 40.0 Å². The van der Waals surface area contributed by atoms with E-state index in [-0.39, 0.29) is 40.0 Å². The average Bonchev–Trinajstić information content (AvgIpc) is 0. The Morgan fingerprint density at radius 1 is 0.400 bits per heavy atom. The van der Waals surface area contributed by atoms with Crippen molar-refractivity contribution in [2.24, 2.45) is 0 Å². The van der Waals surface area contributed by atoms with E-state index in [0.717, 1.165) is 0 Å². The molecule has 44 valence electrons. The van der Waals surface area contributed by atoms with Crippen molar-refractivity contribution < 1.29 is 2.85 Å². The van der Waals surface area contributed by atoms with Crippen molar-refractivity contribution >= 4 is 0 Å². The fourth-order valence-corrected chi connectivity index (χ4v) is 0. The third-order valence-electron chi connectivity index (χ3n) is 0. The maximum absolute atomic E-state index is 0. The third kappa shape index (κ3) is 0. The van der Waals surface area contributed by atoms with Gasteiger partial charge in [-0.05, 0) is 0 Å². The molecule has 0 bridgehead atoms. The summed E-state index contributed by atoms with van der Waals surface area (Å²) in [5.74, 6) is 0. The maximum Gasteiger partial charge on any atom is 0 e. The number of rotatable bonds is 0. The van der Waals surface area contributed by atoms with Gasteiger partial charge in [0.25, 0.3) is 0 Å². The van der Waals surface area contributed by atoms with Crippen LogP contribution in [0.25, 0.3) is 0 Å². The van der Waals surface area contributed by atoms with E-state index in [2.05, 4.69) is 0 Å². The molecule has 0 aliphatic carbocycles. The second-order valence-corrected chi connectivity index (χ2v) is 0. The van der Waals surface area contributed by atoms with E-state index in [1.54, 1.807) is 0 Å². The highest BCUT2D eigenvalue weighted by atomic mass is 12.0. The normalized spacial score (nSPS) is 0. The molecule has 0 heteroatoms. The summed E-state index contributed by atoms with van der Waals surface area (Å²) in [5.41, 5.74) is 0. The summed E-state index contributed by atoms with van der Waals surface area (Å²) in [6, 6.07) is 0. The molecule has 0 aromatic carbocycles. The van der Waals surface area contributed by atoms with Crippen LogP contribution in [0.5, 0.6) is 0 Å². The molecular weight excluding hydrogens is 60.1 g/mol. The summed E-state index contributed by atoms with van der Waals surface area (Å²) in [7, 11) is 0. The summed E-state index contributed by atoms with van der Waals surface area (Å²) in [6.45, 7) is 0.